The van der Waals surface area contributed by atoms with Crippen LogP contribution < -0.4 is 16.3 Å². The number of hydrogen-bond acceptors (Lipinski definition) is 9. The van der Waals surface area contributed by atoms with Crippen LogP contribution in [0.3, 0.4) is 0 Å². The van der Waals surface area contributed by atoms with Crippen LogP contribution >= 0.6 is 19.3 Å². The fraction of sp³-hybridized carbons (Fsp3) is 0.333. The Balaban J connectivity index is 1.22. The summed E-state index contributed by atoms with van der Waals surface area (Å²) >= 11 is 5.84. The number of nitrogens with two attached hydrogens (primary N) is 1. The van der Waals surface area contributed by atoms with Gasteiger partial charge in [-0.05, 0) is 31.0 Å². The van der Waals surface area contributed by atoms with E-state index >= 15 is 0 Å². The average Bonchev–Trinajstić information content (AvgIpc) is 3.46. The van der Waals surface area contributed by atoms with Crippen molar-refractivity contribution in [2.24, 2.45) is 5.92 Å². The molecular weight excluding hydrogens is 497 g/mol. The molecule has 0 fully saturated rings. The van der Waals surface area contributed by atoms with Crippen molar-refractivity contribution in [3.8, 4) is 0 Å². The van der Waals surface area contributed by atoms with Gasteiger partial charge in [-0.2, -0.15) is 5.48 Å². The van der Waals surface area contributed by atoms with Crippen LogP contribution in [0.15, 0.2) is 49.1 Å². The number of rotatable bonds is 10. The van der Waals surface area contributed by atoms with Crippen molar-refractivity contribution in [1.82, 2.24) is 30.1 Å². The van der Waals surface area contributed by atoms with Crippen LogP contribution in [0.2, 0.25) is 5.02 Å². The van der Waals surface area contributed by atoms with E-state index in [1.54, 1.807) is 30.6 Å². The third-order valence-electron chi connectivity index (χ3n) is 5.41. The fourth-order valence-corrected chi connectivity index (χ4v) is 4.60. The second kappa shape index (κ2) is 10.8. The molecule has 35 heavy (non-hydrogen) atoms. The van der Waals surface area contributed by atoms with E-state index in [1.165, 1.54) is 13.3 Å². The predicted molar refractivity (Wildman–Crippen MR) is 129 cm³/mol. The number of aromatic nitrogens is 4. The van der Waals surface area contributed by atoms with E-state index in [0.29, 0.717) is 28.4 Å². The Labute approximate surface area is 206 Å². The molecule has 4 rings (SSSR count). The Kier molecular flexibility index (Phi) is 7.80. The number of amides is 1. The molecule has 0 saturated carbocycles. The van der Waals surface area contributed by atoms with Crippen molar-refractivity contribution < 1.29 is 23.6 Å². The zero-order chi connectivity index (χ0) is 25.0. The van der Waals surface area contributed by atoms with Crippen molar-refractivity contribution in [1.29, 1.82) is 0 Å². The molecular formula is C21H25ClN7O5P. The molecule has 0 radical (unpaired) electrons. The summed E-state index contributed by atoms with van der Waals surface area (Å²) in [5.41, 5.74) is 10.3. The summed E-state index contributed by atoms with van der Waals surface area (Å²) in [7, 11) is -4.38. The minimum atomic E-state index is -4.38. The Bertz CT molecular complexity index is 1270. The van der Waals surface area contributed by atoms with Crippen molar-refractivity contribution in [2.75, 3.05) is 12.3 Å². The van der Waals surface area contributed by atoms with Crippen LogP contribution in [-0.2, 0) is 25.3 Å². The first-order valence-electron chi connectivity index (χ1n) is 10.7. The fourth-order valence-electron chi connectivity index (χ4n) is 3.54. The molecule has 186 valence electrons. The molecule has 12 nitrogen and oxygen atoms in total. The van der Waals surface area contributed by atoms with Crippen LogP contribution in [0.5, 0.6) is 0 Å². The van der Waals surface area contributed by atoms with E-state index in [2.05, 4.69) is 20.4 Å². The van der Waals surface area contributed by atoms with E-state index in [1.807, 2.05) is 21.8 Å². The number of nitrogen functional groups attached to an aromatic ring is 1. The number of fused-ring (bicyclic) bond motifs is 1. The Morgan fingerprint density at radius 3 is 2.86 bits per heavy atom. The lowest BCUT2D eigenvalue weighted by atomic mass is 10.1. The number of allylic oxidation sites excluding steroid dienone is 1. The Hall–Kier alpha value is -2.86. The molecule has 3 aromatic rings. The van der Waals surface area contributed by atoms with Crippen LogP contribution in [-0.4, -0.2) is 43.0 Å². The first kappa shape index (κ1) is 25.2. The number of imidazole rings is 1. The van der Waals surface area contributed by atoms with Crippen molar-refractivity contribution >= 4 is 42.2 Å². The van der Waals surface area contributed by atoms with Gasteiger partial charge in [0.25, 0.3) is 0 Å². The number of hydrogen-bond donors (Lipinski definition) is 4. The number of benzene rings is 1. The standard InChI is InChI=1S/C21H25ClN7O5P/c1-13(27-33-9-14-2-5-16(22)6-3-14)21(30)28-35(31,32)34-10-15-4-7-17(8-15)29-12-26-18-19(23)24-11-25-20(18)29/h2-7,11-13,15,17,27H,8-10H2,1H3,(H2,23,24,25)(H2,28,30,31,32)/t13-,15?,17?/m0/s1. The van der Waals surface area contributed by atoms with Gasteiger partial charge in [0, 0.05) is 10.9 Å². The first-order chi connectivity index (χ1) is 16.7. The van der Waals surface area contributed by atoms with Gasteiger partial charge in [-0.1, -0.05) is 35.9 Å². The van der Waals surface area contributed by atoms with Crippen molar-refractivity contribution in [2.45, 2.75) is 32.0 Å². The number of hydroxylamine groups is 1. The van der Waals surface area contributed by atoms with Gasteiger partial charge in [-0.15, -0.1) is 0 Å². The average molecular weight is 522 g/mol. The SMILES string of the molecule is C[C@H](NOCc1ccc(Cl)cc1)C(=O)NP(=O)(O)OCC1C=CC(n2cnc3c(N)ncnc32)C1. The van der Waals surface area contributed by atoms with Gasteiger partial charge in [0.15, 0.2) is 11.5 Å². The lowest BCUT2D eigenvalue weighted by Gasteiger charge is -2.19. The summed E-state index contributed by atoms with van der Waals surface area (Å²) in [5, 5.41) is 2.63. The van der Waals surface area contributed by atoms with Gasteiger partial charge < -0.3 is 15.2 Å². The largest absolute Gasteiger partial charge is 0.432 e. The second-order valence-corrected chi connectivity index (χ2v) is 10.0. The van der Waals surface area contributed by atoms with Crippen molar-refractivity contribution in [3.63, 3.8) is 0 Å². The van der Waals surface area contributed by atoms with Crippen LogP contribution in [0.4, 0.5) is 5.82 Å². The highest BCUT2D eigenvalue weighted by molar-refractivity contribution is 7.51. The van der Waals surface area contributed by atoms with Crippen molar-refractivity contribution in [3.05, 3.63) is 59.7 Å². The lowest BCUT2D eigenvalue weighted by Crippen LogP contribution is -2.41. The highest BCUT2D eigenvalue weighted by Gasteiger charge is 2.29. The van der Waals surface area contributed by atoms with Gasteiger partial charge >= 0.3 is 7.75 Å². The number of halogens is 1. The normalized spacial score (nSPS) is 20.1. The maximum Gasteiger partial charge on any atom is 0.432 e. The molecule has 1 aliphatic carbocycles. The molecule has 1 amide bonds. The highest BCUT2D eigenvalue weighted by Crippen LogP contribution is 2.39. The van der Waals surface area contributed by atoms with Gasteiger partial charge in [0.1, 0.15) is 17.9 Å². The summed E-state index contributed by atoms with van der Waals surface area (Å²) in [6.45, 7) is 1.62. The minimum absolute atomic E-state index is 0.0559. The molecule has 2 heterocycles. The van der Waals surface area contributed by atoms with Crippen LogP contribution in [0.1, 0.15) is 24.9 Å². The topological polar surface area (TPSA) is 167 Å². The molecule has 0 aliphatic heterocycles. The molecule has 3 unspecified atom stereocenters. The van der Waals surface area contributed by atoms with Gasteiger partial charge in [0.05, 0.1) is 25.6 Å². The minimum Gasteiger partial charge on any atom is -0.382 e. The monoisotopic (exact) mass is 521 g/mol. The number of carbonyl (C=O) groups is 1. The third-order valence-corrected chi connectivity index (χ3v) is 6.67. The van der Waals surface area contributed by atoms with E-state index < -0.39 is 19.7 Å². The number of nitrogens with zero attached hydrogens (tertiary/aromatic N) is 4. The quantitative estimate of drug-likeness (QED) is 0.177. The first-order valence-corrected chi connectivity index (χ1v) is 12.7. The van der Waals surface area contributed by atoms with E-state index in [0.717, 1.165) is 5.56 Å². The summed E-state index contributed by atoms with van der Waals surface area (Å²) < 4.78 is 19.4. The molecule has 1 aliphatic rings. The van der Waals surface area contributed by atoms with Crippen LogP contribution in [0.25, 0.3) is 11.2 Å². The molecule has 0 spiro atoms. The predicted octanol–water partition coefficient (Wildman–Crippen LogP) is 2.52. The van der Waals surface area contributed by atoms with E-state index in [9.17, 15) is 14.3 Å². The molecule has 1 aromatic carbocycles. The molecule has 0 bridgehead atoms. The molecule has 2 aromatic heterocycles. The Morgan fingerprint density at radius 1 is 1.31 bits per heavy atom. The number of nitrogens with one attached hydrogen (secondary N) is 2. The Morgan fingerprint density at radius 2 is 2.09 bits per heavy atom. The van der Waals surface area contributed by atoms with E-state index in [4.69, 9.17) is 26.7 Å². The van der Waals surface area contributed by atoms with Gasteiger partial charge in [-0.25, -0.2) is 19.5 Å². The second-order valence-electron chi connectivity index (χ2n) is 8.08. The van der Waals surface area contributed by atoms with Gasteiger partial charge in [-0.3, -0.25) is 19.2 Å². The maximum absolute atomic E-state index is 12.4. The zero-order valence-corrected chi connectivity index (χ0v) is 20.4. The molecule has 5 N–H and O–H groups in total. The molecule has 0 saturated heterocycles. The highest BCUT2D eigenvalue weighted by atomic mass is 35.5. The molecule has 4 atom stereocenters. The third kappa shape index (κ3) is 6.43. The lowest BCUT2D eigenvalue weighted by molar-refractivity contribution is -0.125. The van der Waals surface area contributed by atoms with Crippen LogP contribution in [0, 0.1) is 5.92 Å². The molecule has 14 heteroatoms. The summed E-state index contributed by atoms with van der Waals surface area (Å²) in [6, 6.07) is 6.04. The van der Waals surface area contributed by atoms with E-state index in [-0.39, 0.29) is 25.2 Å². The summed E-state index contributed by atoms with van der Waals surface area (Å²) in [6.07, 6.45) is 7.43. The zero-order valence-electron chi connectivity index (χ0n) is 18.7. The van der Waals surface area contributed by atoms with Gasteiger partial charge in [0.2, 0.25) is 5.91 Å². The summed E-state index contributed by atoms with van der Waals surface area (Å²) in [4.78, 5) is 40.1. The maximum atomic E-state index is 12.4. The number of carbonyl (C=O) groups excluding carboxylic acids is 1. The number of anilines is 1. The summed E-state index contributed by atoms with van der Waals surface area (Å²) in [5.74, 6) is -0.590. The smallest absolute Gasteiger partial charge is 0.382 e.